The Hall–Kier alpha value is -2.17. The molecular formula is C59H107NO3. The van der Waals surface area contributed by atoms with E-state index in [1.165, 1.54) is 199 Å². The molecule has 2 unspecified atom stereocenters. The molecule has 0 aliphatic carbocycles. The Morgan fingerprint density at radius 1 is 0.397 bits per heavy atom. The maximum atomic E-state index is 12.4. The fourth-order valence-corrected chi connectivity index (χ4v) is 8.27. The zero-order valence-electron chi connectivity index (χ0n) is 42.1. The summed E-state index contributed by atoms with van der Waals surface area (Å²) in [4.78, 5) is 12.4. The maximum Gasteiger partial charge on any atom is 0.220 e. The van der Waals surface area contributed by atoms with E-state index in [9.17, 15) is 15.0 Å². The molecule has 0 saturated carbocycles. The quantitative estimate of drug-likeness (QED) is 0.0421. The van der Waals surface area contributed by atoms with E-state index in [0.29, 0.717) is 6.42 Å². The molecule has 366 valence electrons. The molecule has 4 heteroatoms. The Labute approximate surface area is 393 Å². The zero-order chi connectivity index (χ0) is 45.6. The van der Waals surface area contributed by atoms with Crippen LogP contribution in [0, 0.1) is 0 Å². The molecule has 0 aromatic heterocycles. The van der Waals surface area contributed by atoms with Gasteiger partial charge in [0.25, 0.3) is 0 Å². The third-order valence-corrected chi connectivity index (χ3v) is 12.4. The molecule has 0 bridgehead atoms. The highest BCUT2D eigenvalue weighted by Crippen LogP contribution is 2.17. The lowest BCUT2D eigenvalue weighted by molar-refractivity contribution is -0.123. The Kier molecular flexibility index (Phi) is 52.3. The van der Waals surface area contributed by atoms with Crippen molar-refractivity contribution in [3.05, 3.63) is 72.9 Å². The molecule has 0 aromatic carbocycles. The van der Waals surface area contributed by atoms with Crippen LogP contribution in [0.1, 0.15) is 277 Å². The van der Waals surface area contributed by atoms with E-state index in [-0.39, 0.29) is 12.5 Å². The summed E-state index contributed by atoms with van der Waals surface area (Å²) >= 11 is 0. The van der Waals surface area contributed by atoms with E-state index in [1.54, 1.807) is 6.08 Å². The van der Waals surface area contributed by atoms with Gasteiger partial charge in [-0.05, 0) is 64.2 Å². The third-order valence-electron chi connectivity index (χ3n) is 12.4. The van der Waals surface area contributed by atoms with Gasteiger partial charge in [-0.25, -0.2) is 0 Å². The summed E-state index contributed by atoms with van der Waals surface area (Å²) in [5.74, 6) is -0.0631. The van der Waals surface area contributed by atoms with Crippen LogP contribution in [-0.4, -0.2) is 34.9 Å². The van der Waals surface area contributed by atoms with Gasteiger partial charge >= 0.3 is 0 Å². The molecule has 0 rings (SSSR count). The number of unbranched alkanes of at least 4 members (excludes halogenated alkanes) is 33. The van der Waals surface area contributed by atoms with Crippen molar-refractivity contribution in [2.75, 3.05) is 6.61 Å². The number of carbonyl (C=O) groups excluding carboxylic acids is 1. The van der Waals surface area contributed by atoms with E-state index < -0.39 is 12.1 Å². The number of rotatable bonds is 50. The van der Waals surface area contributed by atoms with Gasteiger partial charge in [0.2, 0.25) is 5.91 Å². The number of carbonyl (C=O) groups is 1. The van der Waals surface area contributed by atoms with Crippen LogP contribution in [-0.2, 0) is 4.79 Å². The van der Waals surface area contributed by atoms with E-state index in [1.807, 2.05) is 6.08 Å². The lowest BCUT2D eigenvalue weighted by Gasteiger charge is -2.20. The van der Waals surface area contributed by atoms with E-state index >= 15 is 0 Å². The van der Waals surface area contributed by atoms with E-state index in [2.05, 4.69) is 79.9 Å². The molecule has 0 heterocycles. The van der Waals surface area contributed by atoms with Crippen LogP contribution < -0.4 is 5.32 Å². The molecule has 63 heavy (non-hydrogen) atoms. The molecule has 2 atom stereocenters. The molecule has 4 nitrogen and oxygen atoms in total. The highest BCUT2D eigenvalue weighted by Gasteiger charge is 2.18. The fourth-order valence-electron chi connectivity index (χ4n) is 8.27. The first-order chi connectivity index (χ1) is 31.2. The molecule has 0 saturated heterocycles. The number of hydrogen-bond acceptors (Lipinski definition) is 3. The minimum atomic E-state index is -0.836. The Balaban J connectivity index is 3.38. The number of aliphatic hydroxyl groups excluding tert-OH is 2. The van der Waals surface area contributed by atoms with Crippen molar-refractivity contribution in [2.24, 2.45) is 0 Å². The minimum absolute atomic E-state index is 0.0631. The number of hydrogen-bond donors (Lipinski definition) is 3. The first-order valence-corrected chi connectivity index (χ1v) is 27.7. The summed E-state index contributed by atoms with van der Waals surface area (Å²) in [5.41, 5.74) is 0. The fraction of sp³-hybridized carbons (Fsp3) is 0.780. The van der Waals surface area contributed by atoms with Crippen LogP contribution in [0.25, 0.3) is 0 Å². The molecule has 0 aromatic rings. The SMILES string of the molecule is CC/C=C\C/C=C\C/C=C\C/C=C\C/C=C\CCCCCCCCCCCCCCCCCCCCCCCCCCCC(=O)NC(CO)C(O)/C=C/CCCCCCCCCC. The van der Waals surface area contributed by atoms with Crippen molar-refractivity contribution in [1.29, 1.82) is 0 Å². The monoisotopic (exact) mass is 878 g/mol. The second-order valence-electron chi connectivity index (χ2n) is 18.6. The summed E-state index contributed by atoms with van der Waals surface area (Å²) in [6.07, 6.45) is 78.0. The van der Waals surface area contributed by atoms with Crippen LogP contribution in [0.5, 0.6) is 0 Å². The maximum absolute atomic E-state index is 12.4. The average Bonchev–Trinajstić information content (AvgIpc) is 3.29. The lowest BCUT2D eigenvalue weighted by Crippen LogP contribution is -2.45. The highest BCUT2D eigenvalue weighted by atomic mass is 16.3. The van der Waals surface area contributed by atoms with Crippen molar-refractivity contribution in [2.45, 2.75) is 289 Å². The van der Waals surface area contributed by atoms with Gasteiger partial charge in [-0.3, -0.25) is 4.79 Å². The van der Waals surface area contributed by atoms with Crippen LogP contribution in [0.3, 0.4) is 0 Å². The van der Waals surface area contributed by atoms with Crippen LogP contribution in [0.4, 0.5) is 0 Å². The topological polar surface area (TPSA) is 69.6 Å². The summed E-state index contributed by atoms with van der Waals surface area (Å²) in [7, 11) is 0. The second kappa shape index (κ2) is 54.2. The number of aliphatic hydroxyl groups is 2. The summed E-state index contributed by atoms with van der Waals surface area (Å²) in [6.45, 7) is 4.18. The molecule has 0 aliphatic heterocycles. The molecular weight excluding hydrogens is 771 g/mol. The van der Waals surface area contributed by atoms with Gasteiger partial charge in [-0.15, -0.1) is 0 Å². The second-order valence-corrected chi connectivity index (χ2v) is 18.6. The number of allylic oxidation sites excluding steroid dienone is 11. The lowest BCUT2D eigenvalue weighted by atomic mass is 10.0. The third kappa shape index (κ3) is 50.7. The van der Waals surface area contributed by atoms with Gasteiger partial charge in [-0.2, -0.15) is 0 Å². The van der Waals surface area contributed by atoms with Crippen molar-refractivity contribution in [1.82, 2.24) is 5.32 Å². The Morgan fingerprint density at radius 3 is 1.05 bits per heavy atom. The Bertz CT molecular complexity index is 1090. The molecule has 0 radical (unpaired) electrons. The van der Waals surface area contributed by atoms with Gasteiger partial charge in [-0.1, -0.05) is 279 Å². The smallest absolute Gasteiger partial charge is 0.220 e. The van der Waals surface area contributed by atoms with Gasteiger partial charge in [0.05, 0.1) is 18.8 Å². The standard InChI is InChI=1S/C59H107NO3/c1-3-5-7-9-11-13-15-16-17-18-19-20-21-22-23-24-25-26-27-28-29-30-31-32-33-34-35-36-37-38-39-40-41-42-43-44-45-47-49-51-53-55-59(63)60-57(56-61)58(62)54-52-50-48-46-14-12-10-8-6-4-2/h5,7,11,13,16-17,19-20,22-23,52,54,57-58,61-62H,3-4,6,8-10,12,14-15,18,21,24-51,53,55-56H2,1-2H3,(H,60,63)/b7-5-,13-11-,17-16-,20-19-,23-22-,54-52+. The van der Waals surface area contributed by atoms with Crippen molar-refractivity contribution >= 4 is 5.91 Å². The van der Waals surface area contributed by atoms with Gasteiger partial charge in [0.15, 0.2) is 0 Å². The predicted molar refractivity (Wildman–Crippen MR) is 281 cm³/mol. The van der Waals surface area contributed by atoms with Gasteiger partial charge in [0.1, 0.15) is 0 Å². The molecule has 0 aliphatic rings. The minimum Gasteiger partial charge on any atom is -0.394 e. The van der Waals surface area contributed by atoms with Crippen LogP contribution >= 0.6 is 0 Å². The average molecular weight is 879 g/mol. The normalized spacial score (nSPS) is 13.4. The van der Waals surface area contributed by atoms with E-state index in [4.69, 9.17) is 0 Å². The molecule has 0 fully saturated rings. The predicted octanol–water partition coefficient (Wildman–Crippen LogP) is 18.2. The molecule has 3 N–H and O–H groups in total. The molecule has 1 amide bonds. The van der Waals surface area contributed by atoms with Crippen LogP contribution in [0.15, 0.2) is 72.9 Å². The number of nitrogens with one attached hydrogen (secondary N) is 1. The van der Waals surface area contributed by atoms with Crippen molar-refractivity contribution in [3.8, 4) is 0 Å². The van der Waals surface area contributed by atoms with E-state index in [0.717, 1.165) is 57.8 Å². The summed E-state index contributed by atoms with van der Waals surface area (Å²) < 4.78 is 0. The van der Waals surface area contributed by atoms with Crippen molar-refractivity contribution < 1.29 is 15.0 Å². The first-order valence-electron chi connectivity index (χ1n) is 27.7. The Morgan fingerprint density at radius 2 is 0.698 bits per heavy atom. The van der Waals surface area contributed by atoms with Crippen LogP contribution in [0.2, 0.25) is 0 Å². The van der Waals surface area contributed by atoms with Crippen molar-refractivity contribution in [3.63, 3.8) is 0 Å². The zero-order valence-corrected chi connectivity index (χ0v) is 42.1. The van der Waals surface area contributed by atoms with Gasteiger partial charge < -0.3 is 15.5 Å². The summed E-state index contributed by atoms with van der Waals surface area (Å²) in [6, 6.07) is -0.620. The molecule has 0 spiro atoms. The largest absolute Gasteiger partial charge is 0.394 e. The van der Waals surface area contributed by atoms with Gasteiger partial charge in [0, 0.05) is 6.42 Å². The summed E-state index contributed by atoms with van der Waals surface area (Å²) in [5, 5.41) is 23.0. The number of amides is 1. The highest BCUT2D eigenvalue weighted by molar-refractivity contribution is 5.76. The first kappa shape index (κ1) is 60.8.